The maximum absolute atomic E-state index is 6.32. The van der Waals surface area contributed by atoms with E-state index in [-0.39, 0.29) is 0 Å². The Hall–Kier alpha value is -0.120. The van der Waals surface area contributed by atoms with E-state index in [4.69, 9.17) is 9.47 Å². The first-order chi connectivity index (χ1) is 10.3. The molecule has 0 bridgehead atoms. The highest BCUT2D eigenvalue weighted by Crippen LogP contribution is 2.30. The molecule has 1 aliphatic heterocycles. The number of hydrogen-bond acceptors (Lipinski definition) is 3. The molecule has 1 heterocycles. The molecule has 2 rings (SSSR count). The van der Waals surface area contributed by atoms with Gasteiger partial charge in [-0.1, -0.05) is 26.7 Å². The fourth-order valence-electron chi connectivity index (χ4n) is 3.80. The zero-order valence-electron chi connectivity index (χ0n) is 14.1. The minimum Gasteiger partial charge on any atom is -0.376 e. The molecule has 3 nitrogen and oxygen atoms in total. The Labute approximate surface area is 131 Å². The lowest BCUT2D eigenvalue weighted by molar-refractivity contribution is -0.0834. The third kappa shape index (κ3) is 5.88. The first-order valence-electron chi connectivity index (χ1n) is 9.30. The normalized spacial score (nSPS) is 34.0. The minimum atomic E-state index is 0.345. The smallest absolute Gasteiger partial charge is 0.0808 e. The highest BCUT2D eigenvalue weighted by Gasteiger charge is 2.31. The van der Waals surface area contributed by atoms with Gasteiger partial charge in [0.25, 0.3) is 0 Å². The predicted octanol–water partition coefficient (Wildman–Crippen LogP) is 3.91. The van der Waals surface area contributed by atoms with Crippen molar-refractivity contribution in [2.24, 2.45) is 5.92 Å². The molecule has 1 aliphatic carbocycles. The number of ether oxygens (including phenoxy) is 2. The van der Waals surface area contributed by atoms with Gasteiger partial charge in [0.05, 0.1) is 18.8 Å². The highest BCUT2D eigenvalue weighted by molar-refractivity contribution is 4.86. The van der Waals surface area contributed by atoms with E-state index in [1.807, 2.05) is 0 Å². The quantitative estimate of drug-likeness (QED) is 0.737. The maximum Gasteiger partial charge on any atom is 0.0808 e. The van der Waals surface area contributed by atoms with E-state index < -0.39 is 0 Å². The van der Waals surface area contributed by atoms with Crippen LogP contribution in [0.25, 0.3) is 0 Å². The second-order valence-corrected chi connectivity index (χ2v) is 6.89. The second kappa shape index (κ2) is 9.81. The Morgan fingerprint density at radius 3 is 2.71 bits per heavy atom. The monoisotopic (exact) mass is 297 g/mol. The van der Waals surface area contributed by atoms with E-state index in [2.05, 4.69) is 19.2 Å². The summed E-state index contributed by atoms with van der Waals surface area (Å²) in [6.07, 6.45) is 12.2. The van der Waals surface area contributed by atoms with E-state index in [0.717, 1.165) is 25.7 Å². The standard InChI is InChI=1S/C18H35NO2/c1-3-7-15-9-10-17(19-11-4-2)18(13-15)21-14-16-8-5-6-12-20-16/h15-19H,3-14H2,1-2H3. The van der Waals surface area contributed by atoms with Gasteiger partial charge in [-0.2, -0.15) is 0 Å². The summed E-state index contributed by atoms with van der Waals surface area (Å²) in [7, 11) is 0. The van der Waals surface area contributed by atoms with Crippen LogP contribution in [-0.4, -0.2) is 38.0 Å². The van der Waals surface area contributed by atoms with Crippen LogP contribution in [0.2, 0.25) is 0 Å². The molecule has 0 amide bonds. The molecule has 124 valence electrons. The Morgan fingerprint density at radius 2 is 2.00 bits per heavy atom. The third-order valence-corrected chi connectivity index (χ3v) is 5.02. The van der Waals surface area contributed by atoms with Gasteiger partial charge in [-0.25, -0.2) is 0 Å². The van der Waals surface area contributed by atoms with Gasteiger partial charge in [0.15, 0.2) is 0 Å². The van der Waals surface area contributed by atoms with Gasteiger partial charge in [-0.15, -0.1) is 0 Å². The molecular formula is C18H35NO2. The van der Waals surface area contributed by atoms with Gasteiger partial charge < -0.3 is 14.8 Å². The molecule has 1 saturated heterocycles. The van der Waals surface area contributed by atoms with E-state index in [1.54, 1.807) is 0 Å². The second-order valence-electron chi connectivity index (χ2n) is 6.89. The number of hydrogen-bond donors (Lipinski definition) is 1. The number of rotatable bonds is 8. The molecule has 1 N–H and O–H groups in total. The summed E-state index contributed by atoms with van der Waals surface area (Å²) in [6, 6.07) is 0.557. The van der Waals surface area contributed by atoms with Crippen LogP contribution in [0, 0.1) is 5.92 Å². The summed E-state index contributed by atoms with van der Waals surface area (Å²) in [4.78, 5) is 0. The average molecular weight is 297 g/mol. The van der Waals surface area contributed by atoms with Crippen LogP contribution < -0.4 is 5.32 Å². The lowest BCUT2D eigenvalue weighted by atomic mass is 9.81. The predicted molar refractivity (Wildman–Crippen MR) is 87.7 cm³/mol. The molecule has 4 atom stereocenters. The Morgan fingerprint density at radius 1 is 1.10 bits per heavy atom. The Balaban J connectivity index is 1.79. The van der Waals surface area contributed by atoms with Gasteiger partial charge >= 0.3 is 0 Å². The zero-order valence-corrected chi connectivity index (χ0v) is 14.1. The Bertz CT molecular complexity index is 266. The van der Waals surface area contributed by atoms with Gasteiger partial charge in [-0.05, 0) is 57.4 Å². The number of nitrogens with one attached hydrogen (secondary N) is 1. The molecule has 1 saturated carbocycles. The Kier molecular flexibility index (Phi) is 8.05. The molecule has 3 heteroatoms. The van der Waals surface area contributed by atoms with Crippen LogP contribution in [0.3, 0.4) is 0 Å². The highest BCUT2D eigenvalue weighted by atomic mass is 16.5. The SMILES string of the molecule is CCCNC1CCC(CCC)CC1OCC1CCCCO1. The van der Waals surface area contributed by atoms with Crippen LogP contribution in [0.5, 0.6) is 0 Å². The van der Waals surface area contributed by atoms with Crippen molar-refractivity contribution in [1.82, 2.24) is 5.32 Å². The van der Waals surface area contributed by atoms with Crippen molar-refractivity contribution in [1.29, 1.82) is 0 Å². The van der Waals surface area contributed by atoms with E-state index in [9.17, 15) is 0 Å². The van der Waals surface area contributed by atoms with Gasteiger partial charge in [0, 0.05) is 12.6 Å². The molecule has 2 aliphatic rings. The van der Waals surface area contributed by atoms with E-state index in [0.29, 0.717) is 18.2 Å². The fraction of sp³-hybridized carbons (Fsp3) is 1.00. The zero-order chi connectivity index (χ0) is 14.9. The van der Waals surface area contributed by atoms with Crippen LogP contribution in [0.15, 0.2) is 0 Å². The molecule has 0 spiro atoms. The largest absolute Gasteiger partial charge is 0.376 e. The van der Waals surface area contributed by atoms with Gasteiger partial charge in [0.1, 0.15) is 0 Å². The maximum atomic E-state index is 6.32. The molecule has 21 heavy (non-hydrogen) atoms. The average Bonchev–Trinajstić information content (AvgIpc) is 2.53. The molecule has 0 radical (unpaired) electrons. The van der Waals surface area contributed by atoms with Crippen LogP contribution >= 0.6 is 0 Å². The summed E-state index contributed by atoms with van der Waals surface area (Å²) < 4.78 is 12.1. The van der Waals surface area contributed by atoms with Gasteiger partial charge in [-0.3, -0.25) is 0 Å². The van der Waals surface area contributed by atoms with Crippen molar-refractivity contribution >= 4 is 0 Å². The van der Waals surface area contributed by atoms with Crippen molar-refractivity contribution in [3.8, 4) is 0 Å². The summed E-state index contributed by atoms with van der Waals surface area (Å²) in [5, 5.41) is 3.71. The lowest BCUT2D eigenvalue weighted by Gasteiger charge is -2.37. The topological polar surface area (TPSA) is 30.5 Å². The molecule has 0 aromatic heterocycles. The van der Waals surface area contributed by atoms with Crippen molar-refractivity contribution in [2.75, 3.05) is 19.8 Å². The molecule has 2 fully saturated rings. The summed E-state index contributed by atoms with van der Waals surface area (Å²) >= 11 is 0. The van der Waals surface area contributed by atoms with E-state index >= 15 is 0 Å². The van der Waals surface area contributed by atoms with Gasteiger partial charge in [0.2, 0.25) is 0 Å². The first kappa shape index (κ1) is 17.2. The van der Waals surface area contributed by atoms with Crippen molar-refractivity contribution in [3.63, 3.8) is 0 Å². The first-order valence-corrected chi connectivity index (χ1v) is 9.30. The van der Waals surface area contributed by atoms with Crippen molar-refractivity contribution in [2.45, 2.75) is 89.9 Å². The summed E-state index contributed by atoms with van der Waals surface area (Å²) in [5.41, 5.74) is 0. The lowest BCUT2D eigenvalue weighted by Crippen LogP contribution is -2.47. The molecule has 0 aromatic rings. The summed E-state index contributed by atoms with van der Waals surface area (Å²) in [5.74, 6) is 0.868. The molecular weight excluding hydrogens is 262 g/mol. The fourth-order valence-corrected chi connectivity index (χ4v) is 3.80. The van der Waals surface area contributed by atoms with Crippen LogP contribution in [-0.2, 0) is 9.47 Å². The van der Waals surface area contributed by atoms with Crippen LogP contribution in [0.1, 0.15) is 71.6 Å². The summed E-state index contributed by atoms with van der Waals surface area (Å²) in [6.45, 7) is 7.37. The minimum absolute atomic E-state index is 0.345. The van der Waals surface area contributed by atoms with E-state index in [1.165, 1.54) is 57.8 Å². The molecule has 0 aromatic carbocycles. The third-order valence-electron chi connectivity index (χ3n) is 5.02. The van der Waals surface area contributed by atoms with Crippen LogP contribution in [0.4, 0.5) is 0 Å². The van der Waals surface area contributed by atoms with Crippen molar-refractivity contribution < 1.29 is 9.47 Å². The molecule has 4 unspecified atom stereocenters. The van der Waals surface area contributed by atoms with Crippen molar-refractivity contribution in [3.05, 3.63) is 0 Å².